The van der Waals surface area contributed by atoms with E-state index >= 15 is 0 Å². The topological polar surface area (TPSA) is 130 Å². The van der Waals surface area contributed by atoms with E-state index in [1.54, 1.807) is 0 Å². The molecule has 5 atom stereocenters. The zero-order valence-electron chi connectivity index (χ0n) is 18.9. The van der Waals surface area contributed by atoms with Crippen LogP contribution in [0.3, 0.4) is 0 Å². The number of aromatic nitrogens is 4. The van der Waals surface area contributed by atoms with Crippen LogP contribution in [0.15, 0.2) is 42.9 Å². The number of rotatable bonds is 5. The summed E-state index contributed by atoms with van der Waals surface area (Å²) in [5.41, 5.74) is 11.1. The third kappa shape index (κ3) is 3.53. The van der Waals surface area contributed by atoms with Crippen molar-refractivity contribution >= 4 is 27.8 Å². The van der Waals surface area contributed by atoms with Crippen LogP contribution in [0.5, 0.6) is 0 Å². The second-order valence-electron chi connectivity index (χ2n) is 9.88. The molecule has 0 aliphatic heterocycles. The monoisotopic (exact) mass is 459 g/mol. The minimum atomic E-state index is -0.864. The number of aliphatic hydroxyl groups excluding tert-OH is 3. The summed E-state index contributed by atoms with van der Waals surface area (Å²) in [6.07, 6.45) is 5.61. The molecule has 0 radical (unpaired) electrons. The Balaban J connectivity index is 1.18. The Bertz CT molecular complexity index is 1370. The highest BCUT2D eigenvalue weighted by atomic mass is 16.3. The molecule has 0 spiro atoms. The summed E-state index contributed by atoms with van der Waals surface area (Å²) >= 11 is 0. The van der Waals surface area contributed by atoms with Gasteiger partial charge in [-0.25, -0.2) is 9.97 Å². The molecular weight excluding hydrogens is 430 g/mol. The number of aryl methyl sites for hydroxylation is 1. The van der Waals surface area contributed by atoms with Gasteiger partial charge in [0.25, 0.3) is 0 Å². The fourth-order valence-electron chi connectivity index (χ4n) is 5.86. The van der Waals surface area contributed by atoms with Crippen molar-refractivity contribution in [3.8, 4) is 0 Å². The summed E-state index contributed by atoms with van der Waals surface area (Å²) in [4.78, 5) is 13.3. The number of nitrogens with zero attached hydrogens (tertiary/aromatic N) is 4. The molecule has 0 amide bonds. The van der Waals surface area contributed by atoms with Crippen LogP contribution in [-0.2, 0) is 19.3 Å². The SMILES string of the molecule is Nc1ncnc2c1ccn2[C@@H]1C[C@H](CCc2ccc3cc4c(nc3c2)C[C@H](CO)C4)[C@@H](O)[C@H]1O. The quantitative estimate of drug-likeness (QED) is 0.360. The standard InChI is InChI=1S/C26H29N5O3/c27-25-19-5-6-31(26(19)29-13-28-25)22-11-17(23(33)24(22)34)4-2-14-1-3-16-10-18-7-15(12-32)9-21(18)30-20(16)8-14/h1,3,5-6,8,10,13,15,17,22-24,32-34H,2,4,7,9,11-12H2,(H2,27,28,29)/t15-,17+,22-,23-,24+/m1/s1. The van der Waals surface area contributed by atoms with E-state index in [9.17, 15) is 15.3 Å². The molecule has 5 N–H and O–H groups in total. The van der Waals surface area contributed by atoms with Gasteiger partial charge in [-0.05, 0) is 73.3 Å². The molecule has 0 saturated heterocycles. The molecule has 6 rings (SSSR count). The third-order valence-corrected chi connectivity index (χ3v) is 7.77. The number of anilines is 1. The predicted molar refractivity (Wildman–Crippen MR) is 129 cm³/mol. The number of nitrogen functional groups attached to an aromatic ring is 1. The molecule has 2 aliphatic carbocycles. The summed E-state index contributed by atoms with van der Waals surface area (Å²) in [6, 6.07) is 10.2. The second-order valence-corrected chi connectivity index (χ2v) is 9.88. The maximum Gasteiger partial charge on any atom is 0.145 e. The van der Waals surface area contributed by atoms with Crippen LogP contribution in [-0.4, -0.2) is 53.7 Å². The Hall–Kier alpha value is -3.07. The third-order valence-electron chi connectivity index (χ3n) is 7.77. The maximum atomic E-state index is 10.8. The van der Waals surface area contributed by atoms with Crippen molar-refractivity contribution in [2.24, 2.45) is 11.8 Å². The fraction of sp³-hybridized carbons (Fsp3) is 0.423. The minimum absolute atomic E-state index is 0.0226. The van der Waals surface area contributed by atoms with Crippen molar-refractivity contribution in [3.05, 3.63) is 59.7 Å². The zero-order valence-corrected chi connectivity index (χ0v) is 18.9. The van der Waals surface area contributed by atoms with Gasteiger partial charge < -0.3 is 25.6 Å². The molecule has 1 fully saturated rings. The van der Waals surface area contributed by atoms with E-state index in [2.05, 4.69) is 34.2 Å². The molecule has 176 valence electrons. The van der Waals surface area contributed by atoms with Gasteiger partial charge in [0.1, 0.15) is 23.9 Å². The summed E-state index contributed by atoms with van der Waals surface area (Å²) < 4.78 is 1.92. The van der Waals surface area contributed by atoms with Crippen LogP contribution < -0.4 is 5.73 Å². The van der Waals surface area contributed by atoms with E-state index in [1.807, 2.05) is 16.8 Å². The molecule has 2 aliphatic rings. The number of pyridine rings is 1. The van der Waals surface area contributed by atoms with Gasteiger partial charge in [-0.3, -0.25) is 4.98 Å². The number of nitrogens with two attached hydrogens (primary N) is 1. The van der Waals surface area contributed by atoms with Crippen molar-refractivity contribution in [2.45, 2.75) is 50.4 Å². The predicted octanol–water partition coefficient (Wildman–Crippen LogP) is 2.18. The van der Waals surface area contributed by atoms with Crippen LogP contribution in [0, 0.1) is 11.8 Å². The Morgan fingerprint density at radius 2 is 1.94 bits per heavy atom. The smallest absolute Gasteiger partial charge is 0.145 e. The highest BCUT2D eigenvalue weighted by Crippen LogP contribution is 2.40. The molecular formula is C26H29N5O3. The second kappa shape index (κ2) is 8.30. The summed E-state index contributed by atoms with van der Waals surface area (Å²) in [5.74, 6) is 0.670. The molecule has 0 unspecified atom stereocenters. The summed E-state index contributed by atoms with van der Waals surface area (Å²) in [5, 5.41) is 33.0. The number of aliphatic hydroxyl groups is 3. The van der Waals surface area contributed by atoms with Gasteiger partial charge in [0.2, 0.25) is 0 Å². The van der Waals surface area contributed by atoms with Crippen molar-refractivity contribution in [1.29, 1.82) is 0 Å². The first-order chi connectivity index (χ1) is 16.5. The Labute approximate surface area is 197 Å². The van der Waals surface area contributed by atoms with Gasteiger partial charge in [-0.2, -0.15) is 0 Å². The lowest BCUT2D eigenvalue weighted by Gasteiger charge is -2.19. The molecule has 8 heteroatoms. The molecule has 3 aromatic heterocycles. The Kier molecular flexibility index (Phi) is 5.24. The molecule has 1 aromatic carbocycles. The Morgan fingerprint density at radius 3 is 2.79 bits per heavy atom. The normalized spacial score (nSPS) is 26.5. The van der Waals surface area contributed by atoms with E-state index < -0.39 is 12.2 Å². The largest absolute Gasteiger partial charge is 0.396 e. The molecule has 34 heavy (non-hydrogen) atoms. The number of hydrogen-bond acceptors (Lipinski definition) is 7. The van der Waals surface area contributed by atoms with E-state index in [1.165, 1.54) is 17.5 Å². The van der Waals surface area contributed by atoms with Gasteiger partial charge in [-0.1, -0.05) is 12.1 Å². The van der Waals surface area contributed by atoms with Crippen LogP contribution in [0.1, 0.15) is 35.7 Å². The number of fused-ring (bicyclic) bond motifs is 3. The van der Waals surface area contributed by atoms with Gasteiger partial charge >= 0.3 is 0 Å². The minimum Gasteiger partial charge on any atom is -0.396 e. The van der Waals surface area contributed by atoms with Gasteiger partial charge in [-0.15, -0.1) is 0 Å². The first-order valence-corrected chi connectivity index (χ1v) is 12.0. The highest BCUT2D eigenvalue weighted by Gasteiger charge is 2.42. The van der Waals surface area contributed by atoms with Crippen LogP contribution in [0.25, 0.3) is 21.9 Å². The van der Waals surface area contributed by atoms with Crippen molar-refractivity contribution < 1.29 is 15.3 Å². The van der Waals surface area contributed by atoms with E-state index in [0.717, 1.165) is 47.7 Å². The van der Waals surface area contributed by atoms with Gasteiger partial charge in [0.05, 0.1) is 23.0 Å². The van der Waals surface area contributed by atoms with E-state index in [0.29, 0.717) is 17.9 Å². The number of benzene rings is 1. The maximum absolute atomic E-state index is 10.8. The molecule has 3 heterocycles. The Morgan fingerprint density at radius 1 is 1.06 bits per heavy atom. The first-order valence-electron chi connectivity index (χ1n) is 12.0. The molecule has 0 bridgehead atoms. The first kappa shape index (κ1) is 21.5. The highest BCUT2D eigenvalue weighted by molar-refractivity contribution is 5.86. The summed E-state index contributed by atoms with van der Waals surface area (Å²) in [7, 11) is 0. The fourth-order valence-corrected chi connectivity index (χ4v) is 5.86. The molecule has 4 aromatic rings. The van der Waals surface area contributed by atoms with Crippen LogP contribution >= 0.6 is 0 Å². The number of hydrogen-bond donors (Lipinski definition) is 4. The molecule has 1 saturated carbocycles. The van der Waals surface area contributed by atoms with E-state index in [-0.39, 0.29) is 24.5 Å². The van der Waals surface area contributed by atoms with Crippen LogP contribution in [0.2, 0.25) is 0 Å². The lowest BCUT2D eigenvalue weighted by Crippen LogP contribution is -2.29. The summed E-state index contributed by atoms with van der Waals surface area (Å²) in [6.45, 7) is 0.202. The van der Waals surface area contributed by atoms with Crippen molar-refractivity contribution in [3.63, 3.8) is 0 Å². The van der Waals surface area contributed by atoms with Crippen molar-refractivity contribution in [1.82, 2.24) is 19.5 Å². The lowest BCUT2D eigenvalue weighted by molar-refractivity contribution is 0.00545. The zero-order chi connectivity index (χ0) is 23.4. The van der Waals surface area contributed by atoms with Gasteiger partial charge in [0.15, 0.2) is 0 Å². The molecule has 8 nitrogen and oxygen atoms in total. The van der Waals surface area contributed by atoms with Gasteiger partial charge in [0, 0.05) is 23.9 Å². The van der Waals surface area contributed by atoms with Crippen LogP contribution in [0.4, 0.5) is 5.82 Å². The van der Waals surface area contributed by atoms with E-state index in [4.69, 9.17) is 10.7 Å². The average molecular weight is 460 g/mol. The average Bonchev–Trinajstić information content (AvgIpc) is 3.52. The lowest BCUT2D eigenvalue weighted by atomic mass is 9.95. The van der Waals surface area contributed by atoms with Crippen molar-refractivity contribution in [2.75, 3.05) is 12.3 Å².